The van der Waals surface area contributed by atoms with E-state index in [1.165, 1.54) is 0 Å². The molecule has 1 aromatic heterocycles. The van der Waals surface area contributed by atoms with E-state index in [1.54, 1.807) is 38.3 Å². The van der Waals surface area contributed by atoms with Gasteiger partial charge in [-0.3, -0.25) is 0 Å². The first kappa shape index (κ1) is 17.7. The van der Waals surface area contributed by atoms with Gasteiger partial charge in [0.15, 0.2) is 17.3 Å². The molecule has 0 aliphatic carbocycles. The zero-order valence-corrected chi connectivity index (χ0v) is 15.4. The molecule has 0 saturated heterocycles. The summed E-state index contributed by atoms with van der Waals surface area (Å²) in [7, 11) is 4.79. The predicted molar refractivity (Wildman–Crippen MR) is 102 cm³/mol. The van der Waals surface area contributed by atoms with Crippen LogP contribution in [0, 0.1) is 4.77 Å². The Hall–Kier alpha value is -3.13. The van der Waals surface area contributed by atoms with Crippen LogP contribution in [0.4, 0.5) is 0 Å². The van der Waals surface area contributed by atoms with Crippen molar-refractivity contribution in [2.75, 3.05) is 21.3 Å². The lowest BCUT2D eigenvalue weighted by molar-refractivity contribution is 0.355. The van der Waals surface area contributed by atoms with Gasteiger partial charge in [0.1, 0.15) is 5.75 Å². The molecule has 0 aliphatic rings. The summed E-state index contributed by atoms with van der Waals surface area (Å²) in [4.78, 5) is 0. The minimum Gasteiger partial charge on any atom is -0.496 e. The predicted octanol–water partition coefficient (Wildman–Crippen LogP) is 3.52. The lowest BCUT2D eigenvalue weighted by Gasteiger charge is -2.09. The molecule has 0 amide bonds. The van der Waals surface area contributed by atoms with E-state index in [0.717, 1.165) is 16.9 Å². The largest absolute Gasteiger partial charge is 0.496 e. The van der Waals surface area contributed by atoms with Crippen molar-refractivity contribution < 1.29 is 14.2 Å². The Morgan fingerprint density at radius 2 is 1.73 bits per heavy atom. The van der Waals surface area contributed by atoms with Crippen molar-refractivity contribution in [3.05, 3.63) is 52.8 Å². The van der Waals surface area contributed by atoms with Gasteiger partial charge in [-0.25, -0.2) is 5.10 Å². The molecule has 1 heterocycles. The molecule has 26 heavy (non-hydrogen) atoms. The molecule has 8 heteroatoms. The summed E-state index contributed by atoms with van der Waals surface area (Å²) in [6.45, 7) is 0. The second-order valence-corrected chi connectivity index (χ2v) is 5.61. The van der Waals surface area contributed by atoms with Crippen LogP contribution in [0.25, 0.3) is 11.4 Å². The highest BCUT2D eigenvalue weighted by molar-refractivity contribution is 7.71. The summed E-state index contributed by atoms with van der Waals surface area (Å²) < 4.78 is 17.9. The normalized spacial score (nSPS) is 10.9. The highest BCUT2D eigenvalue weighted by Gasteiger charge is 2.12. The molecular weight excluding hydrogens is 352 g/mol. The van der Waals surface area contributed by atoms with Crippen LogP contribution in [0.5, 0.6) is 17.2 Å². The van der Waals surface area contributed by atoms with Gasteiger partial charge >= 0.3 is 0 Å². The summed E-state index contributed by atoms with van der Waals surface area (Å²) >= 11 is 5.30. The Labute approximate surface area is 155 Å². The van der Waals surface area contributed by atoms with Gasteiger partial charge in [0, 0.05) is 11.1 Å². The fourth-order valence-corrected chi connectivity index (χ4v) is 2.63. The first-order chi connectivity index (χ1) is 12.7. The average Bonchev–Trinajstić information content (AvgIpc) is 3.06. The summed E-state index contributed by atoms with van der Waals surface area (Å²) in [5, 5.41) is 11.5. The van der Waals surface area contributed by atoms with E-state index in [2.05, 4.69) is 15.3 Å². The highest BCUT2D eigenvalue weighted by Crippen LogP contribution is 2.31. The Morgan fingerprint density at radius 3 is 2.46 bits per heavy atom. The van der Waals surface area contributed by atoms with Gasteiger partial charge in [0.2, 0.25) is 4.77 Å². The number of benzene rings is 2. The maximum atomic E-state index is 5.35. The van der Waals surface area contributed by atoms with E-state index < -0.39 is 0 Å². The van der Waals surface area contributed by atoms with E-state index in [0.29, 0.717) is 22.1 Å². The Bertz CT molecular complexity index is 994. The van der Waals surface area contributed by atoms with E-state index in [4.69, 9.17) is 26.4 Å². The standard InChI is InChI=1S/C18H18N4O3S/c1-23-14-7-5-4-6-13(14)11-19-22-17(20-21-18(22)26)12-8-9-15(24-2)16(10-12)25-3/h4-11H,1-3H3,(H,21,26)/b19-11-. The highest BCUT2D eigenvalue weighted by atomic mass is 32.1. The summed E-state index contributed by atoms with van der Waals surface area (Å²) in [6, 6.07) is 13.1. The number of nitrogens with zero attached hydrogens (tertiary/aromatic N) is 3. The lowest BCUT2D eigenvalue weighted by atomic mass is 10.2. The van der Waals surface area contributed by atoms with E-state index >= 15 is 0 Å². The number of hydrogen-bond acceptors (Lipinski definition) is 6. The van der Waals surface area contributed by atoms with E-state index in [9.17, 15) is 0 Å². The van der Waals surface area contributed by atoms with Crippen molar-refractivity contribution in [2.24, 2.45) is 5.10 Å². The smallest absolute Gasteiger partial charge is 0.216 e. The fraction of sp³-hybridized carbons (Fsp3) is 0.167. The molecule has 0 bridgehead atoms. The lowest BCUT2D eigenvalue weighted by Crippen LogP contribution is -1.97. The molecular formula is C18H18N4O3S. The van der Waals surface area contributed by atoms with Crippen LogP contribution in [-0.4, -0.2) is 42.4 Å². The number of para-hydroxylation sites is 1. The SMILES string of the molecule is COc1ccccc1/C=N\n1c(-c2ccc(OC)c(OC)c2)n[nH]c1=S. The third-order valence-corrected chi connectivity index (χ3v) is 4.01. The first-order valence-corrected chi connectivity index (χ1v) is 8.16. The van der Waals surface area contributed by atoms with Crippen molar-refractivity contribution in [1.29, 1.82) is 0 Å². The van der Waals surface area contributed by atoms with E-state index in [1.807, 2.05) is 36.4 Å². The fourth-order valence-electron chi connectivity index (χ4n) is 2.45. The van der Waals surface area contributed by atoms with Crippen molar-refractivity contribution in [2.45, 2.75) is 0 Å². The van der Waals surface area contributed by atoms with E-state index in [-0.39, 0.29) is 0 Å². The number of nitrogens with one attached hydrogen (secondary N) is 1. The van der Waals surface area contributed by atoms with Crippen LogP contribution in [0.3, 0.4) is 0 Å². The maximum Gasteiger partial charge on any atom is 0.216 e. The summed E-state index contributed by atoms with van der Waals surface area (Å²) in [6.07, 6.45) is 1.68. The number of ether oxygens (including phenoxy) is 3. The molecule has 134 valence electrons. The number of hydrogen-bond donors (Lipinski definition) is 1. The van der Waals surface area contributed by atoms with Crippen molar-refractivity contribution in [1.82, 2.24) is 14.9 Å². The van der Waals surface area contributed by atoms with Crippen LogP contribution in [0.2, 0.25) is 0 Å². The minimum absolute atomic E-state index is 0.376. The van der Waals surface area contributed by atoms with Crippen LogP contribution in [0.1, 0.15) is 5.56 Å². The van der Waals surface area contributed by atoms with Crippen LogP contribution < -0.4 is 14.2 Å². The molecule has 3 rings (SSSR count). The zero-order valence-electron chi connectivity index (χ0n) is 14.6. The summed E-state index contributed by atoms with van der Waals surface area (Å²) in [5.74, 6) is 2.51. The minimum atomic E-state index is 0.376. The quantitative estimate of drug-likeness (QED) is 0.531. The first-order valence-electron chi connectivity index (χ1n) is 7.75. The number of H-pyrrole nitrogens is 1. The van der Waals surface area contributed by atoms with Crippen molar-refractivity contribution in [3.63, 3.8) is 0 Å². The third kappa shape index (κ3) is 3.45. The Morgan fingerprint density at radius 1 is 1.00 bits per heavy atom. The van der Waals surface area contributed by atoms with Crippen LogP contribution >= 0.6 is 12.2 Å². The molecule has 0 radical (unpaired) electrons. The van der Waals surface area contributed by atoms with Gasteiger partial charge in [-0.15, -0.1) is 0 Å². The topological polar surface area (TPSA) is 73.7 Å². The number of methoxy groups -OCH3 is 3. The second-order valence-electron chi connectivity index (χ2n) is 5.22. The molecule has 3 aromatic rings. The van der Waals surface area contributed by atoms with Gasteiger partial charge < -0.3 is 14.2 Å². The molecule has 0 aliphatic heterocycles. The number of aromatic nitrogens is 3. The van der Waals surface area contributed by atoms with Crippen molar-refractivity contribution >= 4 is 18.4 Å². The van der Waals surface area contributed by atoms with Gasteiger partial charge in [0.25, 0.3) is 0 Å². The second kappa shape index (κ2) is 7.83. The zero-order chi connectivity index (χ0) is 18.5. The average molecular weight is 370 g/mol. The molecule has 0 saturated carbocycles. The maximum absolute atomic E-state index is 5.35. The molecule has 1 N–H and O–H groups in total. The monoisotopic (exact) mass is 370 g/mol. The molecule has 0 unspecified atom stereocenters. The van der Waals surface area contributed by atoms with Crippen LogP contribution in [0.15, 0.2) is 47.6 Å². The third-order valence-electron chi connectivity index (χ3n) is 3.74. The Balaban J connectivity index is 2.02. The van der Waals surface area contributed by atoms with Crippen LogP contribution in [-0.2, 0) is 0 Å². The molecule has 0 spiro atoms. The molecule has 2 aromatic carbocycles. The summed E-state index contributed by atoms with van der Waals surface area (Å²) in [5.41, 5.74) is 1.61. The molecule has 0 atom stereocenters. The molecule has 7 nitrogen and oxygen atoms in total. The Kier molecular flexibility index (Phi) is 5.33. The number of aromatic amines is 1. The van der Waals surface area contributed by atoms with Gasteiger partial charge in [0.05, 0.1) is 27.5 Å². The van der Waals surface area contributed by atoms with Gasteiger partial charge in [-0.1, -0.05) is 12.1 Å². The van der Waals surface area contributed by atoms with Gasteiger partial charge in [-0.05, 0) is 42.5 Å². The molecule has 0 fully saturated rings. The van der Waals surface area contributed by atoms with Gasteiger partial charge in [-0.2, -0.15) is 14.9 Å². The van der Waals surface area contributed by atoms with Crippen molar-refractivity contribution in [3.8, 4) is 28.6 Å². The number of rotatable bonds is 6.